The van der Waals surface area contributed by atoms with Crippen molar-refractivity contribution in [1.82, 2.24) is 15.5 Å². The van der Waals surface area contributed by atoms with Gasteiger partial charge < -0.3 is 20.6 Å². The first-order valence-corrected chi connectivity index (χ1v) is 6.42. The van der Waals surface area contributed by atoms with Gasteiger partial charge in [-0.25, -0.2) is 0 Å². The van der Waals surface area contributed by atoms with E-state index in [1.807, 2.05) is 0 Å². The van der Waals surface area contributed by atoms with E-state index in [4.69, 9.17) is 5.11 Å². The van der Waals surface area contributed by atoms with E-state index in [0.29, 0.717) is 19.5 Å². The topological polar surface area (TPSA) is 116 Å². The van der Waals surface area contributed by atoms with E-state index in [9.17, 15) is 19.2 Å². The molecule has 1 atom stereocenters. The minimum atomic E-state index is -1.14. The van der Waals surface area contributed by atoms with Crippen LogP contribution in [0.3, 0.4) is 0 Å². The van der Waals surface area contributed by atoms with Crippen molar-refractivity contribution in [2.45, 2.75) is 19.8 Å². The number of amides is 3. The molecule has 0 aromatic heterocycles. The third kappa shape index (κ3) is 5.25. The van der Waals surface area contributed by atoms with Gasteiger partial charge >= 0.3 is 5.97 Å². The quantitative estimate of drug-likeness (QED) is 0.572. The molecule has 1 saturated heterocycles. The normalized spacial score (nSPS) is 18.2. The van der Waals surface area contributed by atoms with Crippen LogP contribution in [0.5, 0.6) is 0 Å². The van der Waals surface area contributed by atoms with Crippen molar-refractivity contribution >= 4 is 23.7 Å². The summed E-state index contributed by atoms with van der Waals surface area (Å²) in [6.45, 7) is 1.73. The molecule has 8 heteroatoms. The minimum absolute atomic E-state index is 0.0679. The molecular formula is C12H19N3O5. The highest BCUT2D eigenvalue weighted by Crippen LogP contribution is 2.16. The summed E-state index contributed by atoms with van der Waals surface area (Å²) in [5.41, 5.74) is 0. The molecule has 3 N–H and O–H groups in total. The lowest BCUT2D eigenvalue weighted by atomic mass is 9.97. The number of hydrogen-bond donors (Lipinski definition) is 3. The van der Waals surface area contributed by atoms with E-state index in [1.165, 1.54) is 6.92 Å². The molecule has 0 radical (unpaired) electrons. The fourth-order valence-electron chi connectivity index (χ4n) is 2.03. The largest absolute Gasteiger partial charge is 0.480 e. The van der Waals surface area contributed by atoms with Gasteiger partial charge in [0.2, 0.25) is 17.7 Å². The Morgan fingerprint density at radius 1 is 1.20 bits per heavy atom. The first-order valence-electron chi connectivity index (χ1n) is 6.42. The highest BCUT2D eigenvalue weighted by Gasteiger charge is 2.27. The van der Waals surface area contributed by atoms with Gasteiger partial charge in [-0.2, -0.15) is 0 Å². The van der Waals surface area contributed by atoms with Gasteiger partial charge in [0.1, 0.15) is 6.54 Å². The molecule has 3 amide bonds. The molecule has 0 aliphatic carbocycles. The second-order valence-electron chi connectivity index (χ2n) is 4.69. The van der Waals surface area contributed by atoms with Crippen LogP contribution < -0.4 is 10.6 Å². The number of aliphatic carboxylic acids is 1. The van der Waals surface area contributed by atoms with E-state index in [2.05, 4.69) is 10.6 Å². The molecular weight excluding hydrogens is 266 g/mol. The van der Waals surface area contributed by atoms with Crippen LogP contribution in [0.4, 0.5) is 0 Å². The Bertz CT molecular complexity index is 410. The van der Waals surface area contributed by atoms with Crippen LogP contribution in [0.15, 0.2) is 0 Å². The zero-order chi connectivity index (χ0) is 15.1. The predicted molar refractivity (Wildman–Crippen MR) is 68.6 cm³/mol. The Morgan fingerprint density at radius 2 is 1.90 bits per heavy atom. The number of carboxylic acids is 1. The third-order valence-corrected chi connectivity index (χ3v) is 3.10. The maximum Gasteiger partial charge on any atom is 0.322 e. The molecule has 0 aromatic carbocycles. The zero-order valence-corrected chi connectivity index (χ0v) is 11.3. The smallest absolute Gasteiger partial charge is 0.322 e. The second-order valence-corrected chi connectivity index (χ2v) is 4.69. The van der Waals surface area contributed by atoms with E-state index in [-0.39, 0.29) is 24.3 Å². The molecule has 1 fully saturated rings. The molecule has 0 spiro atoms. The average molecular weight is 285 g/mol. The van der Waals surface area contributed by atoms with Gasteiger partial charge in [-0.05, 0) is 12.8 Å². The highest BCUT2D eigenvalue weighted by molar-refractivity contribution is 5.87. The van der Waals surface area contributed by atoms with E-state index in [1.54, 1.807) is 4.90 Å². The molecule has 0 bridgehead atoms. The van der Waals surface area contributed by atoms with E-state index < -0.39 is 18.4 Å². The van der Waals surface area contributed by atoms with Gasteiger partial charge in [-0.3, -0.25) is 19.2 Å². The predicted octanol–water partition coefficient (Wildman–Crippen LogP) is -1.44. The van der Waals surface area contributed by atoms with Crippen LogP contribution in [0.1, 0.15) is 19.8 Å². The van der Waals surface area contributed by atoms with Crippen LogP contribution in [-0.4, -0.2) is 59.9 Å². The summed E-state index contributed by atoms with van der Waals surface area (Å²) in [6, 6.07) is 0. The van der Waals surface area contributed by atoms with Crippen LogP contribution in [-0.2, 0) is 19.2 Å². The molecule has 1 aliphatic rings. The molecule has 8 nitrogen and oxygen atoms in total. The van der Waals surface area contributed by atoms with Crippen LogP contribution >= 0.6 is 0 Å². The Morgan fingerprint density at radius 3 is 2.50 bits per heavy atom. The number of likely N-dealkylation sites (tertiary alicyclic amines) is 1. The van der Waals surface area contributed by atoms with Gasteiger partial charge in [0, 0.05) is 20.0 Å². The van der Waals surface area contributed by atoms with Crippen molar-refractivity contribution in [1.29, 1.82) is 0 Å². The molecule has 1 heterocycles. The summed E-state index contributed by atoms with van der Waals surface area (Å²) in [5, 5.41) is 13.0. The fraction of sp³-hybridized carbons (Fsp3) is 0.667. The third-order valence-electron chi connectivity index (χ3n) is 3.10. The van der Waals surface area contributed by atoms with Crippen molar-refractivity contribution in [3.8, 4) is 0 Å². The SMILES string of the molecule is CC(=O)N1CCCC(C(=O)NCC(=O)NCC(=O)O)C1. The summed E-state index contributed by atoms with van der Waals surface area (Å²) in [7, 11) is 0. The first kappa shape index (κ1) is 15.9. The second kappa shape index (κ2) is 7.46. The lowest BCUT2D eigenvalue weighted by molar-refractivity contribution is -0.137. The first-order chi connectivity index (χ1) is 9.40. The Kier molecular flexibility index (Phi) is 5.95. The number of carboxylic acid groups (broad SMARTS) is 1. The standard InChI is InChI=1S/C12H19N3O5/c1-8(16)15-4-2-3-9(7-15)12(20)14-5-10(17)13-6-11(18)19/h9H,2-7H2,1H3,(H,13,17)(H,14,20)(H,18,19). The van der Waals surface area contributed by atoms with Crippen LogP contribution in [0.2, 0.25) is 0 Å². The maximum absolute atomic E-state index is 11.9. The van der Waals surface area contributed by atoms with E-state index in [0.717, 1.165) is 6.42 Å². The van der Waals surface area contributed by atoms with Gasteiger partial charge in [0.25, 0.3) is 0 Å². The number of nitrogens with zero attached hydrogens (tertiary/aromatic N) is 1. The lowest BCUT2D eigenvalue weighted by Gasteiger charge is -2.31. The minimum Gasteiger partial charge on any atom is -0.480 e. The molecule has 1 aliphatic heterocycles. The van der Waals surface area contributed by atoms with Crippen LogP contribution in [0, 0.1) is 5.92 Å². The van der Waals surface area contributed by atoms with Gasteiger partial charge in [-0.15, -0.1) is 0 Å². The Balaban J connectivity index is 2.33. The number of nitrogens with one attached hydrogen (secondary N) is 2. The Labute approximate surface area is 116 Å². The highest BCUT2D eigenvalue weighted by atomic mass is 16.4. The van der Waals surface area contributed by atoms with Gasteiger partial charge in [0.05, 0.1) is 12.5 Å². The maximum atomic E-state index is 11.9. The number of carbonyl (C=O) groups is 4. The molecule has 0 aromatic rings. The number of rotatable bonds is 5. The summed E-state index contributed by atoms with van der Waals surface area (Å²) >= 11 is 0. The van der Waals surface area contributed by atoms with Crippen molar-refractivity contribution in [3.63, 3.8) is 0 Å². The number of carbonyl (C=O) groups excluding carboxylic acids is 3. The van der Waals surface area contributed by atoms with E-state index >= 15 is 0 Å². The summed E-state index contributed by atoms with van der Waals surface area (Å²) in [6.07, 6.45) is 1.43. The zero-order valence-electron chi connectivity index (χ0n) is 11.3. The molecule has 0 saturated carbocycles. The van der Waals surface area contributed by atoms with Gasteiger partial charge in [0.15, 0.2) is 0 Å². The summed E-state index contributed by atoms with van der Waals surface area (Å²) < 4.78 is 0. The average Bonchev–Trinajstić information content (AvgIpc) is 2.42. The molecule has 112 valence electrons. The lowest BCUT2D eigenvalue weighted by Crippen LogP contribution is -2.47. The van der Waals surface area contributed by atoms with Crippen LogP contribution in [0.25, 0.3) is 0 Å². The molecule has 20 heavy (non-hydrogen) atoms. The fourth-order valence-corrected chi connectivity index (χ4v) is 2.03. The Hall–Kier alpha value is -2.12. The van der Waals surface area contributed by atoms with Crippen molar-refractivity contribution in [2.24, 2.45) is 5.92 Å². The number of hydrogen-bond acceptors (Lipinski definition) is 4. The van der Waals surface area contributed by atoms with Crippen molar-refractivity contribution in [3.05, 3.63) is 0 Å². The van der Waals surface area contributed by atoms with Crippen molar-refractivity contribution < 1.29 is 24.3 Å². The van der Waals surface area contributed by atoms with Crippen molar-refractivity contribution in [2.75, 3.05) is 26.2 Å². The molecule has 1 rings (SSSR count). The summed E-state index contributed by atoms with van der Waals surface area (Å²) in [5.74, 6) is -2.38. The molecule has 1 unspecified atom stereocenters. The summed E-state index contributed by atoms with van der Waals surface area (Å²) in [4.78, 5) is 46.2. The number of piperidine rings is 1. The van der Waals surface area contributed by atoms with Gasteiger partial charge in [-0.1, -0.05) is 0 Å². The monoisotopic (exact) mass is 285 g/mol.